The Morgan fingerprint density at radius 2 is 1.77 bits per heavy atom. The SMILES string of the molecule is C=CCCN(Cc1cc(OC)cc(OC)c1)C(=O)CC(C)=O. The number of carbonyl (C=O) groups excluding carboxylic acids is 2. The van der Waals surface area contributed by atoms with Crippen molar-refractivity contribution in [2.45, 2.75) is 26.3 Å². The van der Waals surface area contributed by atoms with E-state index in [1.54, 1.807) is 31.3 Å². The lowest BCUT2D eigenvalue weighted by Gasteiger charge is -2.22. The van der Waals surface area contributed by atoms with Crippen LogP contribution in [0.2, 0.25) is 0 Å². The second-order valence-electron chi connectivity index (χ2n) is 4.99. The normalized spacial score (nSPS) is 9.95. The van der Waals surface area contributed by atoms with Crippen molar-refractivity contribution in [3.05, 3.63) is 36.4 Å². The zero-order valence-corrected chi connectivity index (χ0v) is 13.4. The Morgan fingerprint density at radius 1 is 1.18 bits per heavy atom. The molecule has 0 aliphatic heterocycles. The summed E-state index contributed by atoms with van der Waals surface area (Å²) in [7, 11) is 3.16. The van der Waals surface area contributed by atoms with Crippen LogP contribution in [0.3, 0.4) is 0 Å². The average Bonchev–Trinajstić information content (AvgIpc) is 2.50. The zero-order valence-electron chi connectivity index (χ0n) is 13.4. The van der Waals surface area contributed by atoms with Gasteiger partial charge in [-0.05, 0) is 31.0 Å². The van der Waals surface area contributed by atoms with E-state index < -0.39 is 0 Å². The molecule has 0 bridgehead atoms. The Kier molecular flexibility index (Phi) is 7.16. The van der Waals surface area contributed by atoms with Gasteiger partial charge in [0.15, 0.2) is 0 Å². The molecule has 5 nitrogen and oxygen atoms in total. The van der Waals surface area contributed by atoms with E-state index in [0.29, 0.717) is 31.0 Å². The molecule has 0 aliphatic rings. The van der Waals surface area contributed by atoms with Crippen LogP contribution >= 0.6 is 0 Å². The lowest BCUT2D eigenvalue weighted by atomic mass is 10.1. The smallest absolute Gasteiger partial charge is 0.230 e. The summed E-state index contributed by atoms with van der Waals surface area (Å²) in [6, 6.07) is 5.48. The molecule has 0 aliphatic carbocycles. The van der Waals surface area contributed by atoms with Crippen LogP contribution in [-0.4, -0.2) is 37.4 Å². The van der Waals surface area contributed by atoms with Crippen molar-refractivity contribution in [2.75, 3.05) is 20.8 Å². The summed E-state index contributed by atoms with van der Waals surface area (Å²) in [6.07, 6.45) is 2.34. The van der Waals surface area contributed by atoms with Crippen molar-refractivity contribution in [1.29, 1.82) is 0 Å². The molecule has 1 aromatic rings. The van der Waals surface area contributed by atoms with Crippen molar-refractivity contribution >= 4 is 11.7 Å². The van der Waals surface area contributed by atoms with E-state index in [2.05, 4.69) is 6.58 Å². The number of hydrogen-bond acceptors (Lipinski definition) is 4. The Balaban J connectivity index is 2.94. The van der Waals surface area contributed by atoms with Gasteiger partial charge in [-0.2, -0.15) is 0 Å². The van der Waals surface area contributed by atoms with Crippen molar-refractivity contribution in [3.63, 3.8) is 0 Å². The molecule has 0 spiro atoms. The maximum atomic E-state index is 12.2. The second-order valence-corrected chi connectivity index (χ2v) is 4.99. The Bertz CT molecular complexity index is 517. The minimum Gasteiger partial charge on any atom is -0.497 e. The number of nitrogens with zero attached hydrogens (tertiary/aromatic N) is 1. The molecule has 0 saturated carbocycles. The van der Waals surface area contributed by atoms with Crippen molar-refractivity contribution in [1.82, 2.24) is 4.90 Å². The second kappa shape index (κ2) is 8.87. The quantitative estimate of drug-likeness (QED) is 0.520. The highest BCUT2D eigenvalue weighted by atomic mass is 16.5. The first kappa shape index (κ1) is 17.8. The fourth-order valence-corrected chi connectivity index (χ4v) is 2.04. The number of carbonyl (C=O) groups is 2. The maximum absolute atomic E-state index is 12.2. The van der Waals surface area contributed by atoms with E-state index in [1.807, 2.05) is 12.1 Å². The molecule has 0 fully saturated rings. The Labute approximate surface area is 131 Å². The van der Waals surface area contributed by atoms with Crippen LogP contribution in [-0.2, 0) is 16.1 Å². The van der Waals surface area contributed by atoms with E-state index in [1.165, 1.54) is 6.92 Å². The fraction of sp³-hybridized carbons (Fsp3) is 0.412. The van der Waals surface area contributed by atoms with Gasteiger partial charge >= 0.3 is 0 Å². The van der Waals surface area contributed by atoms with Gasteiger partial charge in [-0.15, -0.1) is 6.58 Å². The van der Waals surface area contributed by atoms with Crippen LogP contribution in [0.1, 0.15) is 25.3 Å². The molecule has 120 valence electrons. The number of benzene rings is 1. The molecule has 0 radical (unpaired) electrons. The van der Waals surface area contributed by atoms with E-state index in [0.717, 1.165) is 5.56 Å². The minimum atomic E-state index is -0.184. The molecule has 1 amide bonds. The van der Waals surface area contributed by atoms with Crippen LogP contribution in [0.25, 0.3) is 0 Å². The average molecular weight is 305 g/mol. The third-order valence-electron chi connectivity index (χ3n) is 3.14. The molecule has 0 heterocycles. The summed E-state index contributed by atoms with van der Waals surface area (Å²) in [5.41, 5.74) is 0.886. The third kappa shape index (κ3) is 5.60. The number of hydrogen-bond donors (Lipinski definition) is 0. The van der Waals surface area contributed by atoms with Gasteiger partial charge in [0.2, 0.25) is 5.91 Å². The number of ether oxygens (including phenoxy) is 2. The lowest BCUT2D eigenvalue weighted by molar-refractivity contribution is -0.135. The van der Waals surface area contributed by atoms with E-state index in [-0.39, 0.29) is 18.1 Å². The highest BCUT2D eigenvalue weighted by Gasteiger charge is 2.16. The van der Waals surface area contributed by atoms with Crippen molar-refractivity contribution in [2.24, 2.45) is 0 Å². The zero-order chi connectivity index (χ0) is 16.5. The van der Waals surface area contributed by atoms with Crippen LogP contribution < -0.4 is 9.47 Å². The predicted octanol–water partition coefficient (Wildman–Crippen LogP) is 2.59. The van der Waals surface area contributed by atoms with E-state index in [4.69, 9.17) is 9.47 Å². The largest absolute Gasteiger partial charge is 0.497 e. The molecule has 0 N–H and O–H groups in total. The first-order valence-electron chi connectivity index (χ1n) is 7.10. The fourth-order valence-electron chi connectivity index (χ4n) is 2.04. The first-order chi connectivity index (χ1) is 10.5. The molecule has 22 heavy (non-hydrogen) atoms. The number of ketones is 1. The molecule has 0 aromatic heterocycles. The standard InChI is InChI=1S/C17H23NO4/c1-5-6-7-18(17(20)8-13(2)19)12-14-9-15(21-3)11-16(10-14)22-4/h5,9-11H,1,6-8,12H2,2-4H3. The molecule has 0 saturated heterocycles. The van der Waals surface area contributed by atoms with Crippen molar-refractivity contribution < 1.29 is 19.1 Å². The van der Waals surface area contributed by atoms with Crippen LogP contribution in [0.5, 0.6) is 11.5 Å². The number of methoxy groups -OCH3 is 2. The molecular weight excluding hydrogens is 282 g/mol. The Hall–Kier alpha value is -2.30. The lowest BCUT2D eigenvalue weighted by Crippen LogP contribution is -2.32. The van der Waals surface area contributed by atoms with Gasteiger partial charge in [0.05, 0.1) is 20.6 Å². The van der Waals surface area contributed by atoms with E-state index in [9.17, 15) is 9.59 Å². The summed E-state index contributed by atoms with van der Waals surface area (Å²) in [6.45, 7) is 6.00. The summed E-state index contributed by atoms with van der Waals surface area (Å²) in [4.78, 5) is 25.0. The van der Waals surface area contributed by atoms with Gasteiger partial charge in [-0.1, -0.05) is 6.08 Å². The topological polar surface area (TPSA) is 55.8 Å². The highest BCUT2D eigenvalue weighted by molar-refractivity contribution is 5.96. The van der Waals surface area contributed by atoms with Gasteiger partial charge in [-0.3, -0.25) is 9.59 Å². The third-order valence-corrected chi connectivity index (χ3v) is 3.14. The molecule has 0 atom stereocenters. The number of Topliss-reactive ketones (excluding diaryl/α,β-unsaturated/α-hetero) is 1. The van der Waals surface area contributed by atoms with Crippen LogP contribution in [0.4, 0.5) is 0 Å². The number of rotatable bonds is 9. The maximum Gasteiger partial charge on any atom is 0.230 e. The van der Waals surface area contributed by atoms with E-state index >= 15 is 0 Å². The molecule has 1 aromatic carbocycles. The summed E-state index contributed by atoms with van der Waals surface area (Å²) < 4.78 is 10.5. The minimum absolute atomic E-state index is 0.0851. The molecule has 1 rings (SSSR count). The number of amides is 1. The van der Waals surface area contributed by atoms with Gasteiger partial charge in [0.1, 0.15) is 17.3 Å². The highest BCUT2D eigenvalue weighted by Crippen LogP contribution is 2.23. The van der Waals surface area contributed by atoms with Gasteiger partial charge in [-0.25, -0.2) is 0 Å². The monoisotopic (exact) mass is 305 g/mol. The van der Waals surface area contributed by atoms with Crippen molar-refractivity contribution in [3.8, 4) is 11.5 Å². The molecular formula is C17H23NO4. The van der Waals surface area contributed by atoms with Crippen LogP contribution in [0, 0.1) is 0 Å². The summed E-state index contributed by atoms with van der Waals surface area (Å²) in [5.74, 6) is 1.00. The summed E-state index contributed by atoms with van der Waals surface area (Å²) in [5, 5.41) is 0. The van der Waals surface area contributed by atoms with Gasteiger partial charge < -0.3 is 14.4 Å². The van der Waals surface area contributed by atoms with Gasteiger partial charge in [0, 0.05) is 19.2 Å². The van der Waals surface area contributed by atoms with Gasteiger partial charge in [0.25, 0.3) is 0 Å². The first-order valence-corrected chi connectivity index (χ1v) is 7.10. The molecule has 5 heteroatoms. The predicted molar refractivity (Wildman–Crippen MR) is 85.1 cm³/mol. The van der Waals surface area contributed by atoms with Crippen LogP contribution in [0.15, 0.2) is 30.9 Å². The molecule has 0 unspecified atom stereocenters. The Morgan fingerprint density at radius 3 is 2.23 bits per heavy atom. The summed E-state index contributed by atoms with van der Waals surface area (Å²) >= 11 is 0.